The van der Waals surface area contributed by atoms with Crippen molar-refractivity contribution in [1.82, 2.24) is 10.6 Å². The number of carbonyl (C=O) groups is 2. The first-order valence-electron chi connectivity index (χ1n) is 2.85. The summed E-state index contributed by atoms with van der Waals surface area (Å²) in [6, 6.07) is -0.690. The number of nitrogens with one attached hydrogen (secondary N) is 2. The second-order valence-electron chi connectivity index (χ2n) is 1.92. The molecule has 0 aromatic carbocycles. The van der Waals surface area contributed by atoms with E-state index in [-0.39, 0.29) is 18.0 Å². The Morgan fingerprint density at radius 2 is 2.22 bits per heavy atom. The highest BCUT2D eigenvalue weighted by Gasteiger charge is 2.26. The second kappa shape index (κ2) is 2.05. The van der Waals surface area contributed by atoms with Crippen LogP contribution in [0.25, 0.3) is 0 Å². The maximum Gasteiger partial charge on any atom is 0.322 e. The van der Waals surface area contributed by atoms with Gasteiger partial charge in [-0.25, -0.2) is 4.79 Å². The molecule has 3 amide bonds. The summed E-state index contributed by atoms with van der Waals surface area (Å²) in [6.07, 6.45) is 0.650. The van der Waals surface area contributed by atoms with Gasteiger partial charge in [0.2, 0.25) is 0 Å². The topological polar surface area (TPSA) is 58.2 Å². The van der Waals surface area contributed by atoms with Crippen molar-refractivity contribution in [2.45, 2.75) is 19.4 Å². The number of rotatable bonds is 1. The molecule has 0 radical (unpaired) electrons. The highest BCUT2D eigenvalue weighted by molar-refractivity contribution is 6.04. The Hall–Kier alpha value is -1.06. The summed E-state index contributed by atoms with van der Waals surface area (Å²) in [6.45, 7) is 1.84. The van der Waals surface area contributed by atoms with E-state index in [2.05, 4.69) is 10.6 Å². The van der Waals surface area contributed by atoms with E-state index in [0.717, 1.165) is 0 Å². The van der Waals surface area contributed by atoms with Crippen LogP contribution >= 0.6 is 0 Å². The fraction of sp³-hybridized carbons (Fsp3) is 0.600. The minimum atomic E-state index is -0.383. The third-order valence-corrected chi connectivity index (χ3v) is 1.27. The van der Waals surface area contributed by atoms with Gasteiger partial charge in [0.1, 0.15) is 6.04 Å². The molecule has 0 unspecified atom stereocenters. The number of carbonyl (C=O) groups excluding carboxylic acids is 2. The summed E-state index contributed by atoms with van der Waals surface area (Å²) in [5, 5.41) is 4.58. The van der Waals surface area contributed by atoms with E-state index in [4.69, 9.17) is 0 Å². The van der Waals surface area contributed by atoms with Gasteiger partial charge in [-0.2, -0.15) is 0 Å². The van der Waals surface area contributed by atoms with Crippen LogP contribution < -0.4 is 10.6 Å². The molecule has 1 atom stereocenters. The molecule has 0 bridgehead atoms. The van der Waals surface area contributed by atoms with Gasteiger partial charge < -0.3 is 5.32 Å². The zero-order valence-electron chi connectivity index (χ0n) is 5.10. The molecule has 1 rings (SSSR count). The van der Waals surface area contributed by atoms with E-state index in [9.17, 15) is 9.59 Å². The van der Waals surface area contributed by atoms with Gasteiger partial charge in [0.25, 0.3) is 5.91 Å². The van der Waals surface area contributed by atoms with Crippen molar-refractivity contribution >= 4 is 11.9 Å². The van der Waals surface area contributed by atoms with Gasteiger partial charge in [0, 0.05) is 0 Å². The lowest BCUT2D eigenvalue weighted by Gasteiger charge is -1.98. The molecule has 2 N–H and O–H groups in total. The second-order valence-corrected chi connectivity index (χ2v) is 1.92. The van der Waals surface area contributed by atoms with E-state index in [1.54, 1.807) is 0 Å². The predicted octanol–water partition coefficient (Wildman–Crippen LogP) is -0.396. The Morgan fingerprint density at radius 1 is 1.56 bits per heavy atom. The minimum absolute atomic E-state index is 0.220. The molecular weight excluding hydrogens is 120 g/mol. The van der Waals surface area contributed by atoms with Crippen LogP contribution in [0.2, 0.25) is 0 Å². The number of urea groups is 1. The molecule has 4 nitrogen and oxygen atoms in total. The number of hydrogen-bond donors (Lipinski definition) is 2. The monoisotopic (exact) mass is 128 g/mol. The van der Waals surface area contributed by atoms with Crippen molar-refractivity contribution in [3.8, 4) is 0 Å². The summed E-state index contributed by atoms with van der Waals surface area (Å²) in [7, 11) is 0. The molecule has 0 aromatic rings. The molecule has 0 aromatic heterocycles. The summed E-state index contributed by atoms with van der Waals surface area (Å²) in [5.41, 5.74) is 0. The molecule has 1 heterocycles. The van der Waals surface area contributed by atoms with Crippen LogP contribution in [0.5, 0.6) is 0 Å². The average molecular weight is 128 g/mol. The molecule has 1 aliphatic heterocycles. The predicted molar refractivity (Wildman–Crippen MR) is 30.8 cm³/mol. The maximum atomic E-state index is 10.6. The van der Waals surface area contributed by atoms with Crippen LogP contribution in [-0.2, 0) is 4.79 Å². The third-order valence-electron chi connectivity index (χ3n) is 1.27. The smallest absolute Gasteiger partial charge is 0.322 e. The molecule has 1 saturated heterocycles. The van der Waals surface area contributed by atoms with Crippen molar-refractivity contribution < 1.29 is 9.59 Å². The lowest BCUT2D eigenvalue weighted by Crippen LogP contribution is -2.27. The van der Waals surface area contributed by atoms with Crippen LogP contribution in [0.3, 0.4) is 0 Å². The van der Waals surface area contributed by atoms with Crippen LogP contribution in [0.15, 0.2) is 0 Å². The number of amides is 3. The largest absolute Gasteiger partial charge is 0.326 e. The Morgan fingerprint density at radius 3 is 2.44 bits per heavy atom. The Bertz CT molecular complexity index is 155. The molecule has 9 heavy (non-hydrogen) atoms. The van der Waals surface area contributed by atoms with Gasteiger partial charge in [-0.05, 0) is 6.42 Å². The van der Waals surface area contributed by atoms with Crippen molar-refractivity contribution in [2.75, 3.05) is 0 Å². The maximum absolute atomic E-state index is 10.6. The zero-order chi connectivity index (χ0) is 6.85. The van der Waals surface area contributed by atoms with Crippen LogP contribution in [0.1, 0.15) is 13.3 Å². The quantitative estimate of drug-likeness (QED) is 0.472. The Kier molecular flexibility index (Phi) is 1.38. The normalized spacial score (nSPS) is 25.7. The van der Waals surface area contributed by atoms with Crippen LogP contribution in [0, 0.1) is 0 Å². The molecule has 1 fully saturated rings. The fourth-order valence-corrected chi connectivity index (χ4v) is 0.746. The summed E-state index contributed by atoms with van der Waals surface area (Å²) >= 11 is 0. The van der Waals surface area contributed by atoms with Crippen molar-refractivity contribution in [1.29, 1.82) is 0 Å². The van der Waals surface area contributed by atoms with E-state index >= 15 is 0 Å². The van der Waals surface area contributed by atoms with Gasteiger partial charge in [-0.3, -0.25) is 10.1 Å². The molecule has 50 valence electrons. The van der Waals surface area contributed by atoms with Crippen LogP contribution in [-0.4, -0.2) is 18.0 Å². The van der Waals surface area contributed by atoms with Crippen LogP contribution in [0.4, 0.5) is 4.79 Å². The first-order chi connectivity index (χ1) is 4.24. The van der Waals surface area contributed by atoms with Crippen molar-refractivity contribution in [3.63, 3.8) is 0 Å². The highest BCUT2D eigenvalue weighted by atomic mass is 16.2. The van der Waals surface area contributed by atoms with Gasteiger partial charge >= 0.3 is 6.03 Å². The SMILES string of the molecule is CC[C@@H]1NC(=O)NC1=O. The lowest BCUT2D eigenvalue weighted by atomic mass is 10.2. The summed E-state index contributed by atoms with van der Waals surface area (Å²) in [5.74, 6) is -0.220. The molecule has 1 aliphatic rings. The van der Waals surface area contributed by atoms with Gasteiger partial charge in [-0.1, -0.05) is 6.92 Å². The Labute approximate surface area is 52.6 Å². The number of imide groups is 1. The van der Waals surface area contributed by atoms with E-state index in [1.165, 1.54) is 0 Å². The van der Waals surface area contributed by atoms with E-state index < -0.39 is 0 Å². The fourth-order valence-electron chi connectivity index (χ4n) is 0.746. The molecular formula is C5H8N2O2. The standard InChI is InChI=1S/C5H8N2O2/c1-2-3-4(8)7-5(9)6-3/h3H,2H2,1H3,(H2,6,7,8,9)/t3-/m0/s1. The summed E-state index contributed by atoms with van der Waals surface area (Å²) in [4.78, 5) is 21.0. The van der Waals surface area contributed by atoms with Gasteiger partial charge in [-0.15, -0.1) is 0 Å². The average Bonchev–Trinajstić information content (AvgIpc) is 2.10. The Balaban J connectivity index is 2.58. The number of hydrogen-bond acceptors (Lipinski definition) is 2. The van der Waals surface area contributed by atoms with Crippen molar-refractivity contribution in [3.05, 3.63) is 0 Å². The van der Waals surface area contributed by atoms with E-state index in [1.807, 2.05) is 6.92 Å². The van der Waals surface area contributed by atoms with Gasteiger partial charge in [0.15, 0.2) is 0 Å². The molecule has 0 spiro atoms. The zero-order valence-corrected chi connectivity index (χ0v) is 5.10. The summed E-state index contributed by atoms with van der Waals surface area (Å²) < 4.78 is 0. The molecule has 0 aliphatic carbocycles. The van der Waals surface area contributed by atoms with Gasteiger partial charge in [0.05, 0.1) is 0 Å². The molecule has 0 saturated carbocycles. The minimum Gasteiger partial charge on any atom is -0.326 e. The lowest BCUT2D eigenvalue weighted by molar-refractivity contribution is -0.120. The first kappa shape index (κ1) is 6.07. The highest BCUT2D eigenvalue weighted by Crippen LogP contribution is 1.95. The third kappa shape index (κ3) is 1.01. The first-order valence-corrected chi connectivity index (χ1v) is 2.85. The molecule has 4 heteroatoms. The van der Waals surface area contributed by atoms with Crippen molar-refractivity contribution in [2.24, 2.45) is 0 Å². The van der Waals surface area contributed by atoms with E-state index in [0.29, 0.717) is 6.42 Å².